The standard InChI is InChI=1S/C24H16BrFN2O/c25-22-15(12-11-14-5-1-2-6-16(14)22)13-28-20-10-4-8-18(24(27)29)21(20)17-7-3-9-19(26)23(17)28/h1-12H,13H2,(H2,27,29). The van der Waals surface area contributed by atoms with Gasteiger partial charge in [0, 0.05) is 27.4 Å². The number of carbonyl (C=O) groups is 1. The van der Waals surface area contributed by atoms with Gasteiger partial charge in [0.2, 0.25) is 5.91 Å². The zero-order valence-electron chi connectivity index (χ0n) is 15.3. The summed E-state index contributed by atoms with van der Waals surface area (Å²) in [7, 11) is 0. The van der Waals surface area contributed by atoms with E-state index in [1.165, 1.54) is 6.07 Å². The van der Waals surface area contributed by atoms with Crippen LogP contribution in [-0.4, -0.2) is 10.5 Å². The molecule has 29 heavy (non-hydrogen) atoms. The average molecular weight is 447 g/mol. The van der Waals surface area contributed by atoms with Crippen LogP contribution < -0.4 is 5.73 Å². The molecule has 4 aromatic carbocycles. The maximum absolute atomic E-state index is 14.9. The number of benzene rings is 4. The molecule has 1 heterocycles. The van der Waals surface area contributed by atoms with Crippen LogP contribution in [0.5, 0.6) is 0 Å². The van der Waals surface area contributed by atoms with Crippen LogP contribution in [0.25, 0.3) is 32.6 Å². The van der Waals surface area contributed by atoms with Gasteiger partial charge in [-0.25, -0.2) is 4.39 Å². The molecule has 3 nitrogen and oxygen atoms in total. The smallest absolute Gasteiger partial charge is 0.249 e. The molecule has 1 aromatic heterocycles. The Kier molecular flexibility index (Phi) is 4.14. The number of rotatable bonds is 3. The predicted molar refractivity (Wildman–Crippen MR) is 119 cm³/mol. The van der Waals surface area contributed by atoms with Crippen molar-refractivity contribution in [2.75, 3.05) is 0 Å². The SMILES string of the molecule is NC(=O)c1cccc2c1c1cccc(F)c1n2Cc1ccc2ccccc2c1Br. The summed E-state index contributed by atoms with van der Waals surface area (Å²) < 4.78 is 17.8. The molecule has 0 bridgehead atoms. The first-order valence-electron chi connectivity index (χ1n) is 9.21. The van der Waals surface area contributed by atoms with Gasteiger partial charge in [-0.3, -0.25) is 4.79 Å². The molecular formula is C24H16BrFN2O. The van der Waals surface area contributed by atoms with Crippen molar-refractivity contribution in [2.45, 2.75) is 6.54 Å². The molecule has 0 radical (unpaired) electrons. The van der Waals surface area contributed by atoms with Gasteiger partial charge >= 0.3 is 0 Å². The number of fused-ring (bicyclic) bond motifs is 4. The molecule has 0 aliphatic carbocycles. The number of nitrogens with two attached hydrogens (primary N) is 1. The normalized spacial score (nSPS) is 11.5. The molecule has 0 aliphatic rings. The van der Waals surface area contributed by atoms with Crippen LogP contribution in [0.15, 0.2) is 77.3 Å². The third-order valence-electron chi connectivity index (χ3n) is 5.40. The zero-order valence-corrected chi connectivity index (χ0v) is 16.9. The van der Waals surface area contributed by atoms with Crippen molar-refractivity contribution in [3.8, 4) is 0 Å². The third-order valence-corrected chi connectivity index (χ3v) is 6.33. The van der Waals surface area contributed by atoms with Crippen LogP contribution in [0.3, 0.4) is 0 Å². The van der Waals surface area contributed by atoms with Crippen LogP contribution >= 0.6 is 15.9 Å². The van der Waals surface area contributed by atoms with Gasteiger partial charge in [-0.05, 0) is 50.5 Å². The lowest BCUT2D eigenvalue weighted by atomic mass is 10.1. The fourth-order valence-corrected chi connectivity index (χ4v) is 4.72. The molecule has 1 amide bonds. The minimum Gasteiger partial charge on any atom is -0.366 e. The van der Waals surface area contributed by atoms with E-state index < -0.39 is 5.91 Å². The van der Waals surface area contributed by atoms with Gasteiger partial charge in [0.05, 0.1) is 11.0 Å². The molecule has 0 aliphatic heterocycles. The number of halogens is 2. The zero-order chi connectivity index (χ0) is 20.1. The van der Waals surface area contributed by atoms with Gasteiger partial charge in [0.1, 0.15) is 5.82 Å². The minimum absolute atomic E-state index is 0.328. The van der Waals surface area contributed by atoms with Crippen molar-refractivity contribution >= 4 is 54.4 Å². The van der Waals surface area contributed by atoms with Gasteiger partial charge in [-0.2, -0.15) is 0 Å². The quantitative estimate of drug-likeness (QED) is 0.363. The second kappa shape index (κ2) is 6.71. The van der Waals surface area contributed by atoms with Crippen molar-refractivity contribution in [2.24, 2.45) is 5.73 Å². The van der Waals surface area contributed by atoms with Crippen molar-refractivity contribution in [1.82, 2.24) is 4.57 Å². The largest absolute Gasteiger partial charge is 0.366 e. The maximum Gasteiger partial charge on any atom is 0.249 e. The molecule has 0 unspecified atom stereocenters. The highest BCUT2D eigenvalue weighted by Crippen LogP contribution is 2.35. The Morgan fingerprint density at radius 1 is 0.931 bits per heavy atom. The van der Waals surface area contributed by atoms with E-state index in [1.54, 1.807) is 18.2 Å². The van der Waals surface area contributed by atoms with E-state index in [2.05, 4.69) is 34.1 Å². The maximum atomic E-state index is 14.9. The first-order chi connectivity index (χ1) is 14.1. The first kappa shape index (κ1) is 17.9. The van der Waals surface area contributed by atoms with Crippen LogP contribution in [0, 0.1) is 5.82 Å². The highest BCUT2D eigenvalue weighted by molar-refractivity contribution is 9.10. The van der Waals surface area contributed by atoms with E-state index >= 15 is 0 Å². The Hall–Kier alpha value is -3.18. The summed E-state index contributed by atoms with van der Waals surface area (Å²) in [6.07, 6.45) is 0. The lowest BCUT2D eigenvalue weighted by Crippen LogP contribution is -2.11. The summed E-state index contributed by atoms with van der Waals surface area (Å²) in [6, 6.07) is 22.5. The summed E-state index contributed by atoms with van der Waals surface area (Å²) in [4.78, 5) is 12.0. The Balaban J connectivity index is 1.82. The first-order valence-corrected chi connectivity index (χ1v) is 10.0. The lowest BCUT2D eigenvalue weighted by molar-refractivity contribution is 0.100. The summed E-state index contributed by atoms with van der Waals surface area (Å²) in [5, 5.41) is 3.61. The van der Waals surface area contributed by atoms with Gasteiger partial charge < -0.3 is 10.3 Å². The van der Waals surface area contributed by atoms with Crippen molar-refractivity contribution in [3.05, 3.63) is 94.2 Å². The molecule has 0 spiro atoms. The number of nitrogens with zero attached hydrogens (tertiary/aromatic N) is 1. The van der Waals surface area contributed by atoms with Crippen LogP contribution in [0.4, 0.5) is 4.39 Å². The minimum atomic E-state index is -0.522. The van der Waals surface area contributed by atoms with E-state index in [-0.39, 0.29) is 5.82 Å². The molecular weight excluding hydrogens is 431 g/mol. The number of primary amides is 1. The Bertz CT molecular complexity index is 1440. The monoisotopic (exact) mass is 446 g/mol. The molecule has 2 N–H and O–H groups in total. The average Bonchev–Trinajstić information content (AvgIpc) is 3.05. The molecule has 0 saturated heterocycles. The van der Waals surface area contributed by atoms with Gasteiger partial charge in [-0.15, -0.1) is 0 Å². The molecule has 0 saturated carbocycles. The van der Waals surface area contributed by atoms with E-state index in [9.17, 15) is 9.18 Å². The van der Waals surface area contributed by atoms with Crippen LogP contribution in [0.1, 0.15) is 15.9 Å². The highest BCUT2D eigenvalue weighted by atomic mass is 79.9. The lowest BCUT2D eigenvalue weighted by Gasteiger charge is -2.12. The highest BCUT2D eigenvalue weighted by Gasteiger charge is 2.19. The van der Waals surface area contributed by atoms with E-state index in [0.717, 1.165) is 26.3 Å². The number of aromatic nitrogens is 1. The van der Waals surface area contributed by atoms with Crippen molar-refractivity contribution in [1.29, 1.82) is 0 Å². The second-order valence-electron chi connectivity index (χ2n) is 7.05. The summed E-state index contributed by atoms with van der Waals surface area (Å²) in [6.45, 7) is 0.453. The summed E-state index contributed by atoms with van der Waals surface area (Å²) in [5.74, 6) is -0.850. The van der Waals surface area contributed by atoms with Crippen molar-refractivity contribution < 1.29 is 9.18 Å². The van der Waals surface area contributed by atoms with E-state index in [4.69, 9.17) is 5.73 Å². The van der Waals surface area contributed by atoms with Gasteiger partial charge in [0.15, 0.2) is 0 Å². The molecule has 142 valence electrons. The topological polar surface area (TPSA) is 48.0 Å². The van der Waals surface area contributed by atoms with Crippen LogP contribution in [-0.2, 0) is 6.54 Å². The number of hydrogen-bond donors (Lipinski definition) is 1. The number of para-hydroxylation sites is 1. The summed E-state index contributed by atoms with van der Waals surface area (Å²) in [5.41, 5.74) is 8.28. The van der Waals surface area contributed by atoms with Crippen molar-refractivity contribution in [3.63, 3.8) is 0 Å². The predicted octanol–water partition coefficient (Wildman–Crippen LogP) is 6.00. The number of amides is 1. The molecule has 5 heteroatoms. The van der Waals surface area contributed by atoms with E-state index in [1.807, 2.05) is 34.9 Å². The van der Waals surface area contributed by atoms with E-state index in [0.29, 0.717) is 28.4 Å². The molecule has 5 rings (SSSR count). The number of carbonyl (C=O) groups excluding carboxylic acids is 1. The Morgan fingerprint density at radius 3 is 2.52 bits per heavy atom. The van der Waals surface area contributed by atoms with Gasteiger partial charge in [0.25, 0.3) is 0 Å². The number of hydrogen-bond acceptors (Lipinski definition) is 1. The molecule has 0 atom stereocenters. The fourth-order valence-electron chi connectivity index (χ4n) is 4.10. The fraction of sp³-hybridized carbons (Fsp3) is 0.0417. The molecule has 5 aromatic rings. The van der Waals surface area contributed by atoms with Crippen LogP contribution in [0.2, 0.25) is 0 Å². The Labute approximate surface area is 174 Å². The molecule has 0 fully saturated rings. The van der Waals surface area contributed by atoms with Gasteiger partial charge in [-0.1, -0.05) is 54.6 Å². The third kappa shape index (κ3) is 2.73. The Morgan fingerprint density at radius 2 is 1.69 bits per heavy atom. The second-order valence-corrected chi connectivity index (χ2v) is 7.84. The summed E-state index contributed by atoms with van der Waals surface area (Å²) >= 11 is 3.73.